The molecule has 0 saturated heterocycles. The molecule has 1 amide bonds. The van der Waals surface area contributed by atoms with Crippen LogP contribution >= 0.6 is 15.9 Å². The van der Waals surface area contributed by atoms with E-state index in [1.807, 2.05) is 32.9 Å². The zero-order valence-corrected chi connectivity index (χ0v) is 13.0. The first-order valence-corrected chi connectivity index (χ1v) is 7.58. The number of halogens is 1. The van der Waals surface area contributed by atoms with E-state index in [1.54, 1.807) is 0 Å². The largest absolute Gasteiger partial charge is 0.326 e. The molecular formula is C15H22BrNO. The molecule has 0 fully saturated rings. The summed E-state index contributed by atoms with van der Waals surface area (Å²) in [5, 5.41) is 4.01. The zero-order chi connectivity index (χ0) is 13.6. The van der Waals surface area contributed by atoms with Crippen LogP contribution in [0.1, 0.15) is 39.2 Å². The predicted molar refractivity (Wildman–Crippen MR) is 81.3 cm³/mol. The highest BCUT2D eigenvalue weighted by atomic mass is 79.9. The van der Waals surface area contributed by atoms with Crippen molar-refractivity contribution in [2.75, 3.05) is 10.6 Å². The number of carbonyl (C=O) groups excluding carboxylic acids is 1. The molecule has 0 unspecified atom stereocenters. The first-order valence-electron chi connectivity index (χ1n) is 6.46. The topological polar surface area (TPSA) is 29.1 Å². The van der Waals surface area contributed by atoms with Gasteiger partial charge in [0.1, 0.15) is 0 Å². The Morgan fingerprint density at radius 3 is 2.72 bits per heavy atom. The van der Waals surface area contributed by atoms with Gasteiger partial charge in [0.25, 0.3) is 0 Å². The Labute approximate surface area is 118 Å². The summed E-state index contributed by atoms with van der Waals surface area (Å²) in [6.07, 6.45) is 2.98. The summed E-state index contributed by atoms with van der Waals surface area (Å²) in [5.41, 5.74) is 1.85. The molecule has 2 nitrogen and oxygen atoms in total. The molecule has 0 heterocycles. The number of aryl methyl sites for hydroxylation is 1. The Bertz CT molecular complexity index is 401. The predicted octanol–water partition coefficient (Wildman–Crippen LogP) is 4.39. The van der Waals surface area contributed by atoms with Crippen LogP contribution in [-0.4, -0.2) is 11.2 Å². The molecule has 0 spiro atoms. The molecule has 18 heavy (non-hydrogen) atoms. The Morgan fingerprint density at radius 2 is 2.11 bits per heavy atom. The highest BCUT2D eigenvalue weighted by Gasteiger charge is 2.25. The Balaban J connectivity index is 2.70. The number of nitrogens with one attached hydrogen (secondary N) is 1. The molecule has 0 aliphatic carbocycles. The molecule has 0 aliphatic rings. The fraction of sp³-hybridized carbons (Fsp3) is 0.533. The maximum Gasteiger partial charge on any atom is 0.230 e. The Kier molecular flexibility index (Phi) is 5.86. The van der Waals surface area contributed by atoms with Gasteiger partial charge in [-0.05, 0) is 37.0 Å². The van der Waals surface area contributed by atoms with E-state index in [2.05, 4.69) is 33.4 Å². The number of amides is 1. The van der Waals surface area contributed by atoms with E-state index >= 15 is 0 Å². The van der Waals surface area contributed by atoms with Gasteiger partial charge in [0.2, 0.25) is 5.91 Å². The van der Waals surface area contributed by atoms with Gasteiger partial charge in [0.05, 0.1) is 0 Å². The molecule has 1 rings (SSSR count). The molecule has 0 radical (unpaired) electrons. The van der Waals surface area contributed by atoms with Crippen LogP contribution in [-0.2, 0) is 11.2 Å². The zero-order valence-electron chi connectivity index (χ0n) is 11.4. The lowest BCUT2D eigenvalue weighted by Gasteiger charge is -2.21. The molecule has 0 bridgehead atoms. The van der Waals surface area contributed by atoms with Crippen molar-refractivity contribution in [3.8, 4) is 0 Å². The van der Waals surface area contributed by atoms with Crippen LogP contribution in [0.5, 0.6) is 0 Å². The highest BCUT2D eigenvalue weighted by Crippen LogP contribution is 2.22. The van der Waals surface area contributed by atoms with Crippen molar-refractivity contribution in [3.63, 3.8) is 0 Å². The number of rotatable bonds is 6. The summed E-state index contributed by atoms with van der Waals surface area (Å²) < 4.78 is 0. The van der Waals surface area contributed by atoms with Gasteiger partial charge in [0.15, 0.2) is 0 Å². The van der Waals surface area contributed by atoms with Crippen molar-refractivity contribution in [2.45, 2.75) is 40.0 Å². The molecule has 0 saturated carbocycles. The first-order chi connectivity index (χ1) is 8.49. The van der Waals surface area contributed by atoms with E-state index in [9.17, 15) is 4.79 Å². The summed E-state index contributed by atoms with van der Waals surface area (Å²) >= 11 is 3.43. The summed E-state index contributed by atoms with van der Waals surface area (Å²) in [6, 6.07) is 8.11. The van der Waals surface area contributed by atoms with Crippen LogP contribution in [0.3, 0.4) is 0 Å². The van der Waals surface area contributed by atoms with Crippen molar-refractivity contribution in [1.29, 1.82) is 0 Å². The second-order valence-electron chi connectivity index (χ2n) is 5.18. The number of anilines is 1. The van der Waals surface area contributed by atoms with Gasteiger partial charge in [-0.2, -0.15) is 0 Å². The minimum Gasteiger partial charge on any atom is -0.326 e. The highest BCUT2D eigenvalue weighted by molar-refractivity contribution is 9.09. The van der Waals surface area contributed by atoms with E-state index in [4.69, 9.17) is 0 Å². The molecular weight excluding hydrogens is 290 g/mol. The lowest BCUT2D eigenvalue weighted by Crippen LogP contribution is -2.29. The third kappa shape index (κ3) is 4.45. The Hall–Kier alpha value is -0.830. The molecule has 1 aromatic rings. The average molecular weight is 312 g/mol. The van der Waals surface area contributed by atoms with E-state index in [-0.39, 0.29) is 11.3 Å². The monoisotopic (exact) mass is 311 g/mol. The van der Waals surface area contributed by atoms with Crippen molar-refractivity contribution < 1.29 is 4.79 Å². The van der Waals surface area contributed by atoms with E-state index in [0.29, 0.717) is 0 Å². The van der Waals surface area contributed by atoms with Gasteiger partial charge in [-0.1, -0.05) is 48.8 Å². The van der Waals surface area contributed by atoms with Gasteiger partial charge in [-0.25, -0.2) is 0 Å². The van der Waals surface area contributed by atoms with E-state index < -0.39 is 0 Å². The first kappa shape index (κ1) is 15.2. The minimum atomic E-state index is -0.314. The molecule has 1 aromatic carbocycles. The molecule has 0 aromatic heterocycles. The van der Waals surface area contributed by atoms with Crippen molar-refractivity contribution in [3.05, 3.63) is 29.8 Å². The number of alkyl halides is 1. The summed E-state index contributed by atoms with van der Waals surface area (Å²) in [4.78, 5) is 12.1. The number of hydrogen-bond acceptors (Lipinski definition) is 1. The molecule has 100 valence electrons. The second-order valence-corrected chi connectivity index (χ2v) is 5.98. The maximum absolute atomic E-state index is 12.1. The van der Waals surface area contributed by atoms with Gasteiger partial charge < -0.3 is 5.32 Å². The molecule has 0 aliphatic heterocycles. The standard InChI is InChI=1S/C15H22BrNO/c1-4-15(2,3)14(18)17-13-9-5-7-12(11-13)8-6-10-16/h5,7,9,11H,4,6,8,10H2,1-3H3,(H,17,18). The van der Waals surface area contributed by atoms with Crippen molar-refractivity contribution in [1.82, 2.24) is 0 Å². The third-order valence-electron chi connectivity index (χ3n) is 3.28. The quantitative estimate of drug-likeness (QED) is 0.776. The lowest BCUT2D eigenvalue weighted by atomic mass is 9.89. The lowest BCUT2D eigenvalue weighted by molar-refractivity contribution is -0.124. The molecule has 1 N–H and O–H groups in total. The van der Waals surface area contributed by atoms with Gasteiger partial charge in [-0.15, -0.1) is 0 Å². The minimum absolute atomic E-state index is 0.0858. The van der Waals surface area contributed by atoms with Gasteiger partial charge in [0, 0.05) is 16.4 Å². The SMILES string of the molecule is CCC(C)(C)C(=O)Nc1cccc(CCCBr)c1. The van der Waals surface area contributed by atoms with Crippen LogP contribution in [0.2, 0.25) is 0 Å². The van der Waals surface area contributed by atoms with Gasteiger partial charge in [-0.3, -0.25) is 4.79 Å². The van der Waals surface area contributed by atoms with Crippen LogP contribution in [0.4, 0.5) is 5.69 Å². The van der Waals surface area contributed by atoms with Crippen molar-refractivity contribution >= 4 is 27.5 Å². The van der Waals surface area contributed by atoms with E-state index in [0.717, 1.165) is 30.3 Å². The molecule has 0 atom stereocenters. The van der Waals surface area contributed by atoms with Crippen molar-refractivity contribution in [2.24, 2.45) is 5.41 Å². The molecule has 3 heteroatoms. The van der Waals surface area contributed by atoms with Crippen LogP contribution in [0.25, 0.3) is 0 Å². The third-order valence-corrected chi connectivity index (χ3v) is 3.84. The fourth-order valence-electron chi connectivity index (χ4n) is 1.54. The normalized spacial score (nSPS) is 11.3. The second kappa shape index (κ2) is 6.93. The summed E-state index contributed by atoms with van der Waals surface area (Å²) in [6.45, 7) is 5.97. The number of benzene rings is 1. The summed E-state index contributed by atoms with van der Waals surface area (Å²) in [7, 11) is 0. The maximum atomic E-state index is 12.1. The fourth-order valence-corrected chi connectivity index (χ4v) is 1.82. The number of carbonyl (C=O) groups is 1. The smallest absolute Gasteiger partial charge is 0.230 e. The van der Waals surface area contributed by atoms with E-state index in [1.165, 1.54) is 5.56 Å². The average Bonchev–Trinajstić information content (AvgIpc) is 2.36. The summed E-state index contributed by atoms with van der Waals surface area (Å²) in [5.74, 6) is 0.0858. The Morgan fingerprint density at radius 1 is 1.39 bits per heavy atom. The van der Waals surface area contributed by atoms with Crippen LogP contribution in [0.15, 0.2) is 24.3 Å². The van der Waals surface area contributed by atoms with Gasteiger partial charge >= 0.3 is 0 Å². The van der Waals surface area contributed by atoms with Crippen LogP contribution in [0, 0.1) is 5.41 Å². The number of hydrogen-bond donors (Lipinski definition) is 1. The van der Waals surface area contributed by atoms with Crippen LogP contribution < -0.4 is 5.32 Å².